The lowest BCUT2D eigenvalue weighted by molar-refractivity contribution is -0.152. The van der Waals surface area contributed by atoms with Crippen LogP contribution in [0.4, 0.5) is 0 Å². The Morgan fingerprint density at radius 2 is 1.96 bits per heavy atom. The number of nitrogens with zero attached hydrogens (tertiary/aromatic N) is 1. The van der Waals surface area contributed by atoms with Gasteiger partial charge in [-0.05, 0) is 47.8 Å². The van der Waals surface area contributed by atoms with Gasteiger partial charge in [0.15, 0.2) is 6.61 Å². The summed E-state index contributed by atoms with van der Waals surface area (Å²) in [6.45, 7) is 7.32. The number of hydrogen-bond acceptors (Lipinski definition) is 3. The van der Waals surface area contributed by atoms with Gasteiger partial charge in [0.2, 0.25) is 0 Å². The van der Waals surface area contributed by atoms with Crippen LogP contribution in [0.15, 0.2) is 18.2 Å². The van der Waals surface area contributed by atoms with E-state index in [0.29, 0.717) is 15.6 Å². The van der Waals surface area contributed by atoms with Crippen LogP contribution >= 0.6 is 23.2 Å². The molecule has 2 fully saturated rings. The average Bonchev–Trinajstić information content (AvgIpc) is 2.77. The number of likely N-dealkylation sites (tertiary alicyclic amines) is 1. The molecule has 0 N–H and O–H groups in total. The van der Waals surface area contributed by atoms with Crippen LogP contribution < -0.4 is 0 Å². The Kier molecular flexibility index (Phi) is 5.28. The van der Waals surface area contributed by atoms with Crippen molar-refractivity contribution in [2.45, 2.75) is 52.5 Å². The van der Waals surface area contributed by atoms with E-state index in [1.807, 2.05) is 4.90 Å². The molecule has 1 aliphatic heterocycles. The Labute approximate surface area is 164 Å². The highest BCUT2D eigenvalue weighted by Gasteiger charge is 2.50. The van der Waals surface area contributed by atoms with E-state index >= 15 is 0 Å². The van der Waals surface area contributed by atoms with Gasteiger partial charge < -0.3 is 9.64 Å². The molecule has 1 aromatic carbocycles. The highest BCUT2D eigenvalue weighted by molar-refractivity contribution is 6.35. The lowest BCUT2D eigenvalue weighted by Gasteiger charge is -2.39. The van der Waals surface area contributed by atoms with E-state index in [0.717, 1.165) is 25.8 Å². The fourth-order valence-corrected chi connectivity index (χ4v) is 5.32. The summed E-state index contributed by atoms with van der Waals surface area (Å²) >= 11 is 11.9. The van der Waals surface area contributed by atoms with Crippen molar-refractivity contribution in [3.63, 3.8) is 0 Å². The van der Waals surface area contributed by atoms with Crippen LogP contribution in [0.25, 0.3) is 0 Å². The molecule has 0 aromatic heterocycles. The molecule has 1 saturated heterocycles. The van der Waals surface area contributed by atoms with E-state index in [4.69, 9.17) is 27.9 Å². The van der Waals surface area contributed by atoms with Crippen molar-refractivity contribution in [3.8, 4) is 0 Å². The molecule has 6 heteroatoms. The maximum absolute atomic E-state index is 12.6. The number of fused-ring (bicyclic) bond motifs is 2. The topological polar surface area (TPSA) is 46.6 Å². The van der Waals surface area contributed by atoms with Crippen molar-refractivity contribution < 1.29 is 14.3 Å². The number of carbonyl (C=O) groups excluding carboxylic acids is 2. The zero-order valence-corrected chi connectivity index (χ0v) is 17.0. The number of hydrogen-bond donors (Lipinski definition) is 0. The van der Waals surface area contributed by atoms with Crippen molar-refractivity contribution >= 4 is 35.1 Å². The van der Waals surface area contributed by atoms with E-state index in [-0.39, 0.29) is 35.8 Å². The van der Waals surface area contributed by atoms with Gasteiger partial charge in [0.25, 0.3) is 5.91 Å². The SMILES string of the molecule is CC1(C)C[C@@H]2C[C@](C)(CN2C(=O)COC(=O)Cc2ccc(Cl)cc2Cl)C1. The zero-order chi connectivity index (χ0) is 19.1. The van der Waals surface area contributed by atoms with Gasteiger partial charge in [-0.2, -0.15) is 0 Å². The Morgan fingerprint density at radius 3 is 2.65 bits per heavy atom. The molecule has 2 bridgehead atoms. The molecule has 142 valence electrons. The van der Waals surface area contributed by atoms with Gasteiger partial charge in [0.05, 0.1) is 6.42 Å². The number of amides is 1. The summed E-state index contributed by atoms with van der Waals surface area (Å²) in [5.41, 5.74) is 1.05. The number of esters is 1. The molecule has 3 rings (SSSR count). The number of carbonyl (C=O) groups is 2. The average molecular weight is 398 g/mol. The summed E-state index contributed by atoms with van der Waals surface area (Å²) in [6.07, 6.45) is 3.19. The summed E-state index contributed by atoms with van der Waals surface area (Å²) < 4.78 is 5.22. The molecule has 1 heterocycles. The second-order valence-corrected chi connectivity index (χ2v) is 9.65. The van der Waals surface area contributed by atoms with Gasteiger partial charge in [-0.3, -0.25) is 9.59 Å². The molecule has 0 unspecified atom stereocenters. The van der Waals surface area contributed by atoms with Gasteiger partial charge in [0, 0.05) is 22.6 Å². The summed E-state index contributed by atoms with van der Waals surface area (Å²) in [5.74, 6) is -0.566. The molecule has 2 aliphatic rings. The fraction of sp³-hybridized carbons (Fsp3) is 0.600. The Balaban J connectivity index is 1.55. The van der Waals surface area contributed by atoms with Crippen LogP contribution in [0.1, 0.15) is 45.6 Å². The molecule has 4 nitrogen and oxygen atoms in total. The van der Waals surface area contributed by atoms with E-state index in [9.17, 15) is 9.59 Å². The van der Waals surface area contributed by atoms with Crippen molar-refractivity contribution in [1.29, 1.82) is 0 Å². The molecular formula is C20H25Cl2NO3. The Hall–Kier alpha value is -1.26. The van der Waals surface area contributed by atoms with Gasteiger partial charge in [-0.15, -0.1) is 0 Å². The third-order valence-electron chi connectivity index (χ3n) is 5.44. The highest BCUT2D eigenvalue weighted by Crippen LogP contribution is 2.52. The third kappa shape index (κ3) is 4.34. The minimum Gasteiger partial charge on any atom is -0.455 e. The number of halogens is 2. The molecular weight excluding hydrogens is 373 g/mol. The minimum absolute atomic E-state index is 0.0253. The van der Waals surface area contributed by atoms with Crippen molar-refractivity contribution in [1.82, 2.24) is 4.90 Å². The first-order valence-corrected chi connectivity index (χ1v) is 9.72. The lowest BCUT2D eigenvalue weighted by atomic mass is 9.65. The summed E-state index contributed by atoms with van der Waals surface area (Å²) in [6, 6.07) is 5.21. The first-order chi connectivity index (χ1) is 12.1. The molecule has 2 atom stereocenters. The minimum atomic E-state index is -0.462. The molecule has 0 spiro atoms. The largest absolute Gasteiger partial charge is 0.455 e. The number of rotatable bonds is 4. The first-order valence-electron chi connectivity index (χ1n) is 8.96. The van der Waals surface area contributed by atoms with Crippen molar-refractivity contribution in [2.24, 2.45) is 10.8 Å². The predicted molar refractivity (Wildman–Crippen MR) is 102 cm³/mol. The van der Waals surface area contributed by atoms with Crippen LogP contribution in [-0.4, -0.2) is 36.0 Å². The fourth-order valence-electron chi connectivity index (χ4n) is 4.85. The molecule has 0 radical (unpaired) electrons. The Bertz CT molecular complexity index is 734. The standard InChI is InChI=1S/C20H25Cl2NO3/c1-19(2)8-15-9-20(3,11-19)12-23(15)17(24)10-26-18(25)6-13-4-5-14(21)7-16(13)22/h4-5,7,15H,6,8-12H2,1-3H3/t15-,20+/m1/s1. The monoisotopic (exact) mass is 397 g/mol. The lowest BCUT2D eigenvalue weighted by Crippen LogP contribution is -2.40. The molecule has 1 aromatic rings. The van der Waals surface area contributed by atoms with Crippen molar-refractivity contribution in [2.75, 3.05) is 13.2 Å². The third-order valence-corrected chi connectivity index (χ3v) is 6.03. The highest BCUT2D eigenvalue weighted by atomic mass is 35.5. The van der Waals surface area contributed by atoms with Gasteiger partial charge >= 0.3 is 5.97 Å². The van der Waals surface area contributed by atoms with Gasteiger partial charge in [-0.25, -0.2) is 0 Å². The maximum Gasteiger partial charge on any atom is 0.310 e. The van der Waals surface area contributed by atoms with E-state index in [1.165, 1.54) is 0 Å². The first kappa shape index (κ1) is 19.5. The van der Waals surface area contributed by atoms with E-state index in [1.54, 1.807) is 18.2 Å². The second kappa shape index (κ2) is 7.05. The van der Waals surface area contributed by atoms with E-state index < -0.39 is 5.97 Å². The van der Waals surface area contributed by atoms with Crippen LogP contribution in [0.2, 0.25) is 10.0 Å². The molecule has 1 aliphatic carbocycles. The predicted octanol–water partition coefficient (Wildman–Crippen LogP) is 4.51. The van der Waals surface area contributed by atoms with Crippen LogP contribution in [-0.2, 0) is 20.7 Å². The molecule has 26 heavy (non-hydrogen) atoms. The van der Waals surface area contributed by atoms with E-state index in [2.05, 4.69) is 20.8 Å². The summed E-state index contributed by atoms with van der Waals surface area (Å²) in [7, 11) is 0. The molecule has 1 amide bonds. The van der Waals surface area contributed by atoms with Crippen LogP contribution in [0, 0.1) is 10.8 Å². The number of benzene rings is 1. The number of ether oxygens (including phenoxy) is 1. The quantitative estimate of drug-likeness (QED) is 0.702. The van der Waals surface area contributed by atoms with Crippen LogP contribution in [0.5, 0.6) is 0 Å². The summed E-state index contributed by atoms with van der Waals surface area (Å²) in [4.78, 5) is 26.6. The molecule has 1 saturated carbocycles. The normalized spacial score (nSPS) is 26.7. The Morgan fingerprint density at radius 1 is 1.23 bits per heavy atom. The maximum atomic E-state index is 12.6. The smallest absolute Gasteiger partial charge is 0.310 e. The zero-order valence-electron chi connectivity index (χ0n) is 15.5. The van der Waals surface area contributed by atoms with Gasteiger partial charge in [0.1, 0.15) is 0 Å². The summed E-state index contributed by atoms with van der Waals surface area (Å²) in [5, 5.41) is 0.933. The van der Waals surface area contributed by atoms with Gasteiger partial charge in [-0.1, -0.05) is 50.0 Å². The second-order valence-electron chi connectivity index (χ2n) is 8.81. The van der Waals surface area contributed by atoms with Crippen LogP contribution in [0.3, 0.4) is 0 Å². The van der Waals surface area contributed by atoms with Crippen molar-refractivity contribution in [3.05, 3.63) is 33.8 Å².